The number of nitrogens with one attached hydrogen (secondary N) is 1. The van der Waals surface area contributed by atoms with Crippen molar-refractivity contribution in [1.29, 1.82) is 0 Å². The predicted octanol–water partition coefficient (Wildman–Crippen LogP) is 3.98. The summed E-state index contributed by atoms with van der Waals surface area (Å²) < 4.78 is 27.2. The fraction of sp³-hybridized carbons (Fsp3) is 0.316. The van der Waals surface area contributed by atoms with Crippen molar-refractivity contribution in [3.8, 4) is 0 Å². The van der Waals surface area contributed by atoms with Crippen LogP contribution in [0.25, 0.3) is 0 Å². The molecule has 3 rings (SSSR count). The van der Waals surface area contributed by atoms with Crippen LogP contribution in [-0.2, 0) is 10.0 Å². The number of nitro groups is 1. The number of nitro benzene ring substituents is 1. The fourth-order valence-electron chi connectivity index (χ4n) is 3.17. The van der Waals surface area contributed by atoms with E-state index in [-0.39, 0.29) is 26.9 Å². The van der Waals surface area contributed by atoms with E-state index in [2.05, 4.69) is 5.32 Å². The molecule has 0 saturated carbocycles. The van der Waals surface area contributed by atoms with Crippen LogP contribution in [0, 0.1) is 17.0 Å². The van der Waals surface area contributed by atoms with Gasteiger partial charge in [-0.15, -0.1) is 0 Å². The Morgan fingerprint density at radius 2 is 1.83 bits per heavy atom. The second-order valence-corrected chi connectivity index (χ2v) is 9.14. The first kappa shape index (κ1) is 21.2. The highest BCUT2D eigenvalue weighted by Crippen LogP contribution is 2.28. The van der Waals surface area contributed by atoms with Crippen LogP contribution in [0.1, 0.15) is 35.2 Å². The summed E-state index contributed by atoms with van der Waals surface area (Å²) in [6.07, 6.45) is 2.54. The third-order valence-corrected chi connectivity index (χ3v) is 7.17. The van der Waals surface area contributed by atoms with Gasteiger partial charge >= 0.3 is 0 Å². The minimum absolute atomic E-state index is 0.0399. The van der Waals surface area contributed by atoms with Crippen molar-refractivity contribution in [2.24, 2.45) is 0 Å². The molecule has 0 aliphatic carbocycles. The highest BCUT2D eigenvalue weighted by Gasteiger charge is 2.28. The van der Waals surface area contributed by atoms with E-state index in [0.717, 1.165) is 19.3 Å². The van der Waals surface area contributed by atoms with Gasteiger partial charge in [-0.1, -0.05) is 24.1 Å². The molecule has 8 nitrogen and oxygen atoms in total. The van der Waals surface area contributed by atoms with E-state index in [4.69, 9.17) is 11.6 Å². The predicted molar refractivity (Wildman–Crippen MR) is 110 cm³/mol. The molecular weight excluding hydrogens is 418 g/mol. The Morgan fingerprint density at radius 1 is 1.14 bits per heavy atom. The lowest BCUT2D eigenvalue weighted by Gasteiger charge is -2.26. The summed E-state index contributed by atoms with van der Waals surface area (Å²) in [4.78, 5) is 23.0. The molecule has 29 heavy (non-hydrogen) atoms. The number of rotatable bonds is 5. The van der Waals surface area contributed by atoms with E-state index in [1.165, 1.54) is 34.6 Å². The third-order valence-electron chi connectivity index (χ3n) is 4.79. The van der Waals surface area contributed by atoms with Gasteiger partial charge in [0.05, 0.1) is 9.95 Å². The maximum absolute atomic E-state index is 12.9. The van der Waals surface area contributed by atoms with Crippen LogP contribution in [0.4, 0.5) is 11.4 Å². The lowest BCUT2D eigenvalue weighted by molar-refractivity contribution is -0.385. The van der Waals surface area contributed by atoms with E-state index >= 15 is 0 Å². The Balaban J connectivity index is 1.88. The third kappa shape index (κ3) is 4.58. The molecule has 1 N–H and O–H groups in total. The second kappa shape index (κ2) is 8.48. The number of anilines is 1. The number of piperidine rings is 1. The van der Waals surface area contributed by atoms with Crippen molar-refractivity contribution < 1.29 is 18.1 Å². The lowest BCUT2D eigenvalue weighted by atomic mass is 10.1. The number of hydrogen-bond acceptors (Lipinski definition) is 5. The number of hydrogen-bond donors (Lipinski definition) is 1. The molecule has 1 amide bonds. The number of benzene rings is 2. The molecule has 1 aliphatic rings. The number of carbonyl (C=O) groups is 1. The van der Waals surface area contributed by atoms with Gasteiger partial charge in [-0.25, -0.2) is 8.42 Å². The highest BCUT2D eigenvalue weighted by molar-refractivity contribution is 7.89. The topological polar surface area (TPSA) is 110 Å². The summed E-state index contributed by atoms with van der Waals surface area (Å²) in [5.41, 5.74) is 0.678. The van der Waals surface area contributed by atoms with Gasteiger partial charge in [0.2, 0.25) is 10.0 Å². The monoisotopic (exact) mass is 437 g/mol. The molecule has 1 heterocycles. The number of aryl methyl sites for hydroxylation is 1. The first-order valence-electron chi connectivity index (χ1n) is 9.06. The van der Waals surface area contributed by atoms with Gasteiger partial charge in [0.1, 0.15) is 4.90 Å². The van der Waals surface area contributed by atoms with E-state index < -0.39 is 20.9 Å². The van der Waals surface area contributed by atoms with Crippen LogP contribution in [-0.4, -0.2) is 36.6 Å². The number of carbonyl (C=O) groups excluding carboxylic acids is 1. The second-order valence-electron chi connectivity index (χ2n) is 6.82. The van der Waals surface area contributed by atoms with Crippen molar-refractivity contribution >= 4 is 38.9 Å². The van der Waals surface area contributed by atoms with Crippen molar-refractivity contribution in [1.82, 2.24) is 4.31 Å². The molecule has 0 spiro atoms. The van der Waals surface area contributed by atoms with Gasteiger partial charge in [0.25, 0.3) is 11.6 Å². The van der Waals surface area contributed by atoms with Crippen LogP contribution < -0.4 is 5.32 Å². The Labute approximate surface area is 173 Å². The van der Waals surface area contributed by atoms with Crippen LogP contribution in [0.3, 0.4) is 0 Å². The SMILES string of the molecule is Cc1ccc(NC(=O)c2ccc(Cl)c(S(=O)(=O)N3CCCCC3)c2)cc1[N+](=O)[O-]. The van der Waals surface area contributed by atoms with E-state index in [0.29, 0.717) is 18.7 Å². The Hall–Kier alpha value is -2.49. The summed E-state index contributed by atoms with van der Waals surface area (Å²) in [5, 5.41) is 13.7. The average Bonchev–Trinajstić information content (AvgIpc) is 2.70. The van der Waals surface area contributed by atoms with E-state index in [9.17, 15) is 23.3 Å². The molecule has 0 aromatic heterocycles. The van der Waals surface area contributed by atoms with Gasteiger partial charge in [0, 0.05) is 36.0 Å². The maximum Gasteiger partial charge on any atom is 0.274 e. The normalized spacial score (nSPS) is 15.1. The lowest BCUT2D eigenvalue weighted by Crippen LogP contribution is -2.35. The van der Waals surface area contributed by atoms with Crippen molar-refractivity contribution in [2.45, 2.75) is 31.1 Å². The van der Waals surface area contributed by atoms with Gasteiger partial charge in [-0.3, -0.25) is 14.9 Å². The van der Waals surface area contributed by atoms with E-state index in [1.54, 1.807) is 13.0 Å². The van der Waals surface area contributed by atoms with E-state index in [1.807, 2.05) is 0 Å². The zero-order chi connectivity index (χ0) is 21.2. The van der Waals surface area contributed by atoms with Crippen molar-refractivity contribution in [3.63, 3.8) is 0 Å². The molecular formula is C19H20ClN3O5S. The summed E-state index contributed by atoms with van der Waals surface area (Å²) in [5.74, 6) is -0.588. The summed E-state index contributed by atoms with van der Waals surface area (Å²) in [7, 11) is -3.81. The Bertz CT molecular complexity index is 1070. The molecule has 1 fully saturated rings. The minimum atomic E-state index is -3.81. The largest absolute Gasteiger partial charge is 0.322 e. The summed E-state index contributed by atoms with van der Waals surface area (Å²) in [6.45, 7) is 2.44. The van der Waals surface area contributed by atoms with Crippen molar-refractivity contribution in [3.05, 3.63) is 62.7 Å². The van der Waals surface area contributed by atoms with Crippen molar-refractivity contribution in [2.75, 3.05) is 18.4 Å². The van der Waals surface area contributed by atoms with Crippen LogP contribution >= 0.6 is 11.6 Å². The van der Waals surface area contributed by atoms with Crippen LogP contribution in [0.2, 0.25) is 5.02 Å². The number of amides is 1. The van der Waals surface area contributed by atoms with Crippen LogP contribution in [0.15, 0.2) is 41.3 Å². The number of sulfonamides is 1. The molecule has 1 aliphatic heterocycles. The maximum atomic E-state index is 12.9. The molecule has 1 saturated heterocycles. The molecule has 2 aromatic rings. The molecule has 0 atom stereocenters. The zero-order valence-corrected chi connectivity index (χ0v) is 17.3. The molecule has 0 radical (unpaired) electrons. The van der Waals surface area contributed by atoms with Crippen LogP contribution in [0.5, 0.6) is 0 Å². The Kier molecular flexibility index (Phi) is 6.21. The Morgan fingerprint density at radius 3 is 2.48 bits per heavy atom. The zero-order valence-electron chi connectivity index (χ0n) is 15.7. The van der Waals surface area contributed by atoms with Gasteiger partial charge in [0.15, 0.2) is 0 Å². The first-order chi connectivity index (χ1) is 13.7. The smallest absolute Gasteiger partial charge is 0.274 e. The quantitative estimate of drug-likeness (QED) is 0.561. The number of nitrogens with zero attached hydrogens (tertiary/aromatic N) is 2. The molecule has 154 valence electrons. The minimum Gasteiger partial charge on any atom is -0.322 e. The number of halogens is 1. The fourth-order valence-corrected chi connectivity index (χ4v) is 5.19. The molecule has 0 bridgehead atoms. The molecule has 0 unspecified atom stereocenters. The average molecular weight is 438 g/mol. The first-order valence-corrected chi connectivity index (χ1v) is 10.9. The van der Waals surface area contributed by atoms with Gasteiger partial charge in [-0.2, -0.15) is 4.31 Å². The summed E-state index contributed by atoms with van der Waals surface area (Å²) in [6, 6.07) is 8.35. The molecule has 10 heteroatoms. The summed E-state index contributed by atoms with van der Waals surface area (Å²) >= 11 is 6.13. The standard InChI is InChI=1S/C19H20ClN3O5S/c1-13-5-7-15(12-17(13)23(25)26)21-19(24)14-6-8-16(20)18(11-14)29(27,28)22-9-3-2-4-10-22/h5-8,11-12H,2-4,9-10H2,1H3,(H,21,24). The van der Waals surface area contributed by atoms with Gasteiger partial charge in [-0.05, 0) is 44.0 Å². The van der Waals surface area contributed by atoms with Gasteiger partial charge < -0.3 is 5.32 Å². The highest BCUT2D eigenvalue weighted by atomic mass is 35.5. The molecule has 2 aromatic carbocycles.